The zero-order valence-electron chi connectivity index (χ0n) is 12.9. The molecule has 21 heavy (non-hydrogen) atoms. The lowest BCUT2D eigenvalue weighted by Crippen LogP contribution is -2.30. The molecule has 1 amide bonds. The third kappa shape index (κ3) is 8.19. The normalized spacial score (nSPS) is 10.2. The van der Waals surface area contributed by atoms with Crippen LogP contribution in [0.1, 0.15) is 26.2 Å². The molecule has 118 valence electrons. The van der Waals surface area contributed by atoms with Crippen LogP contribution in [0.3, 0.4) is 0 Å². The van der Waals surface area contributed by atoms with Crippen LogP contribution in [0, 0.1) is 0 Å². The topological polar surface area (TPSA) is 56.8 Å². The van der Waals surface area contributed by atoms with Crippen molar-refractivity contribution in [2.45, 2.75) is 26.2 Å². The van der Waals surface area contributed by atoms with E-state index < -0.39 is 0 Å². The van der Waals surface area contributed by atoms with Crippen molar-refractivity contribution in [3.05, 3.63) is 24.3 Å². The van der Waals surface area contributed by atoms with Gasteiger partial charge in [0.2, 0.25) is 0 Å². The van der Waals surface area contributed by atoms with Gasteiger partial charge in [0, 0.05) is 25.8 Å². The largest absolute Gasteiger partial charge is 0.497 e. The molecule has 0 aromatic heterocycles. The van der Waals surface area contributed by atoms with Crippen molar-refractivity contribution in [1.29, 1.82) is 0 Å². The number of nitrogens with one attached hydrogen (secondary N) is 1. The van der Waals surface area contributed by atoms with E-state index in [0.29, 0.717) is 24.7 Å². The fraction of sp³-hybridized carbons (Fsp3) is 0.562. The maximum atomic E-state index is 11.6. The summed E-state index contributed by atoms with van der Waals surface area (Å²) in [5.74, 6) is 1.19. The van der Waals surface area contributed by atoms with Crippen molar-refractivity contribution in [1.82, 2.24) is 5.32 Å². The van der Waals surface area contributed by atoms with Crippen molar-refractivity contribution in [2.75, 3.05) is 33.5 Å². The number of benzene rings is 1. The summed E-state index contributed by atoms with van der Waals surface area (Å²) in [4.78, 5) is 11.6. The standard InChI is InChI=1S/C16H25NO4/c1-3-4-10-20-11-6-9-17-16(18)13-21-15-8-5-7-14(12-15)19-2/h5,7-8,12H,3-4,6,9-11,13H2,1-2H3,(H,17,18). The first-order chi connectivity index (χ1) is 10.3. The molecule has 0 saturated heterocycles. The number of hydrogen-bond acceptors (Lipinski definition) is 4. The smallest absolute Gasteiger partial charge is 0.257 e. The third-order valence-corrected chi connectivity index (χ3v) is 2.84. The van der Waals surface area contributed by atoms with Crippen LogP contribution in [0.2, 0.25) is 0 Å². The summed E-state index contributed by atoms with van der Waals surface area (Å²) in [6.07, 6.45) is 3.04. The fourth-order valence-electron chi connectivity index (χ4n) is 1.64. The number of unbranched alkanes of at least 4 members (excludes halogenated alkanes) is 1. The Bertz CT molecular complexity index is 409. The molecule has 0 aliphatic carbocycles. The molecule has 0 fully saturated rings. The van der Waals surface area contributed by atoms with Crippen LogP contribution in [0.5, 0.6) is 11.5 Å². The number of carbonyl (C=O) groups excluding carboxylic acids is 1. The summed E-state index contributed by atoms with van der Waals surface area (Å²) in [6, 6.07) is 7.18. The van der Waals surface area contributed by atoms with Crippen LogP contribution in [0.25, 0.3) is 0 Å². The van der Waals surface area contributed by atoms with E-state index in [4.69, 9.17) is 14.2 Å². The molecule has 0 bridgehead atoms. The van der Waals surface area contributed by atoms with E-state index in [1.165, 1.54) is 0 Å². The summed E-state index contributed by atoms with van der Waals surface area (Å²) in [6.45, 7) is 4.21. The Labute approximate surface area is 126 Å². The Morgan fingerprint density at radius 3 is 2.71 bits per heavy atom. The summed E-state index contributed by atoms with van der Waals surface area (Å²) < 4.78 is 15.9. The van der Waals surface area contributed by atoms with Crippen molar-refractivity contribution < 1.29 is 19.0 Å². The molecule has 0 atom stereocenters. The molecular formula is C16H25NO4. The number of rotatable bonds is 11. The van der Waals surface area contributed by atoms with Crippen LogP contribution in [-0.4, -0.2) is 39.4 Å². The zero-order valence-corrected chi connectivity index (χ0v) is 12.9. The molecule has 1 aromatic rings. The Morgan fingerprint density at radius 2 is 1.95 bits per heavy atom. The number of methoxy groups -OCH3 is 1. The second kappa shape index (κ2) is 11.0. The number of ether oxygens (including phenoxy) is 3. The maximum Gasteiger partial charge on any atom is 0.257 e. The molecule has 5 nitrogen and oxygen atoms in total. The third-order valence-electron chi connectivity index (χ3n) is 2.84. The van der Waals surface area contributed by atoms with Crippen molar-refractivity contribution in [3.8, 4) is 11.5 Å². The lowest BCUT2D eigenvalue weighted by atomic mass is 10.3. The molecule has 0 radical (unpaired) electrons. The number of amides is 1. The second-order valence-electron chi connectivity index (χ2n) is 4.64. The van der Waals surface area contributed by atoms with Crippen molar-refractivity contribution in [2.24, 2.45) is 0 Å². The molecule has 1 rings (SSSR count). The Hall–Kier alpha value is -1.75. The molecule has 0 spiro atoms. The first kappa shape index (κ1) is 17.3. The van der Waals surface area contributed by atoms with Gasteiger partial charge in [-0.25, -0.2) is 0 Å². The first-order valence-electron chi connectivity index (χ1n) is 7.37. The average molecular weight is 295 g/mol. The van der Waals surface area contributed by atoms with Gasteiger partial charge in [-0.3, -0.25) is 4.79 Å². The molecule has 1 aromatic carbocycles. The van der Waals surface area contributed by atoms with Crippen LogP contribution in [0.15, 0.2) is 24.3 Å². The second-order valence-corrected chi connectivity index (χ2v) is 4.64. The molecule has 5 heteroatoms. The molecule has 0 unspecified atom stereocenters. The van der Waals surface area contributed by atoms with Crippen LogP contribution in [-0.2, 0) is 9.53 Å². The van der Waals surface area contributed by atoms with Crippen molar-refractivity contribution >= 4 is 5.91 Å². The molecule has 1 N–H and O–H groups in total. The number of hydrogen-bond donors (Lipinski definition) is 1. The van der Waals surface area contributed by atoms with E-state index in [2.05, 4.69) is 12.2 Å². The van der Waals surface area contributed by atoms with Gasteiger partial charge in [0.1, 0.15) is 11.5 Å². The highest BCUT2D eigenvalue weighted by Gasteiger charge is 2.03. The van der Waals surface area contributed by atoms with Gasteiger partial charge in [-0.1, -0.05) is 19.4 Å². The first-order valence-corrected chi connectivity index (χ1v) is 7.37. The van der Waals surface area contributed by atoms with Gasteiger partial charge in [-0.05, 0) is 25.0 Å². The van der Waals surface area contributed by atoms with Gasteiger partial charge in [-0.15, -0.1) is 0 Å². The predicted molar refractivity (Wildman–Crippen MR) is 81.8 cm³/mol. The molecule has 0 saturated carbocycles. The van der Waals surface area contributed by atoms with Gasteiger partial charge in [0.15, 0.2) is 6.61 Å². The van der Waals surface area contributed by atoms with Crippen LogP contribution in [0.4, 0.5) is 0 Å². The van der Waals surface area contributed by atoms with Gasteiger partial charge >= 0.3 is 0 Å². The lowest BCUT2D eigenvalue weighted by Gasteiger charge is -2.08. The monoisotopic (exact) mass is 295 g/mol. The Morgan fingerprint density at radius 1 is 1.19 bits per heavy atom. The molecule has 0 aliphatic rings. The van der Waals surface area contributed by atoms with Crippen LogP contribution >= 0.6 is 0 Å². The summed E-state index contributed by atoms with van der Waals surface area (Å²) in [5, 5.41) is 2.80. The van der Waals surface area contributed by atoms with E-state index in [1.54, 1.807) is 19.2 Å². The number of carbonyl (C=O) groups is 1. The van der Waals surface area contributed by atoms with Crippen molar-refractivity contribution in [3.63, 3.8) is 0 Å². The minimum atomic E-state index is -0.133. The molecular weight excluding hydrogens is 270 g/mol. The summed E-state index contributed by atoms with van der Waals surface area (Å²) in [5.41, 5.74) is 0. The van der Waals surface area contributed by atoms with E-state index in [-0.39, 0.29) is 12.5 Å². The van der Waals surface area contributed by atoms with Gasteiger partial charge < -0.3 is 19.5 Å². The highest BCUT2D eigenvalue weighted by molar-refractivity contribution is 5.77. The van der Waals surface area contributed by atoms with E-state index in [0.717, 1.165) is 25.9 Å². The fourth-order valence-corrected chi connectivity index (χ4v) is 1.64. The summed E-state index contributed by atoms with van der Waals surface area (Å²) >= 11 is 0. The minimum absolute atomic E-state index is 0.00383. The maximum absolute atomic E-state index is 11.6. The van der Waals surface area contributed by atoms with Gasteiger partial charge in [0.05, 0.1) is 7.11 Å². The van der Waals surface area contributed by atoms with E-state index >= 15 is 0 Å². The predicted octanol–water partition coefficient (Wildman–Crippen LogP) is 2.40. The quantitative estimate of drug-likeness (QED) is 0.637. The molecule has 0 heterocycles. The Balaban J connectivity index is 2.08. The highest BCUT2D eigenvalue weighted by atomic mass is 16.5. The minimum Gasteiger partial charge on any atom is -0.497 e. The van der Waals surface area contributed by atoms with Gasteiger partial charge in [0.25, 0.3) is 5.91 Å². The SMILES string of the molecule is CCCCOCCCNC(=O)COc1cccc(OC)c1. The highest BCUT2D eigenvalue weighted by Crippen LogP contribution is 2.18. The van der Waals surface area contributed by atoms with E-state index in [1.807, 2.05) is 12.1 Å². The lowest BCUT2D eigenvalue weighted by molar-refractivity contribution is -0.123. The average Bonchev–Trinajstić information content (AvgIpc) is 2.52. The van der Waals surface area contributed by atoms with E-state index in [9.17, 15) is 4.79 Å². The van der Waals surface area contributed by atoms with Crippen LogP contribution < -0.4 is 14.8 Å². The molecule has 0 aliphatic heterocycles. The van der Waals surface area contributed by atoms with Gasteiger partial charge in [-0.2, -0.15) is 0 Å². The summed E-state index contributed by atoms with van der Waals surface area (Å²) in [7, 11) is 1.59. The Kier molecular flexibility index (Phi) is 9.04. The zero-order chi connectivity index (χ0) is 15.3.